The molecule has 0 aliphatic carbocycles. The predicted octanol–water partition coefficient (Wildman–Crippen LogP) is 1.75. The van der Waals surface area contributed by atoms with Crippen molar-refractivity contribution in [3.8, 4) is 0 Å². The van der Waals surface area contributed by atoms with Crippen LogP contribution in [0.4, 0.5) is 0 Å². The predicted molar refractivity (Wildman–Crippen MR) is 56.8 cm³/mol. The highest BCUT2D eigenvalue weighted by Gasteiger charge is 2.14. The Morgan fingerprint density at radius 3 is 2.92 bits per heavy atom. The molecule has 0 aromatic carbocycles. The zero-order valence-corrected chi connectivity index (χ0v) is 8.73. The lowest BCUT2D eigenvalue weighted by Crippen LogP contribution is -2.20. The van der Waals surface area contributed by atoms with Crippen molar-refractivity contribution in [3.63, 3.8) is 0 Å². The Bertz CT molecular complexity index is 160. The maximum atomic E-state index is 5.74. The van der Waals surface area contributed by atoms with Crippen molar-refractivity contribution in [2.75, 3.05) is 18.1 Å². The van der Waals surface area contributed by atoms with E-state index in [4.69, 9.17) is 5.73 Å². The minimum atomic E-state index is 0.402. The Hall–Kier alpha value is -0.180. The Kier molecular flexibility index (Phi) is 3.92. The summed E-state index contributed by atoms with van der Waals surface area (Å²) in [7, 11) is 0. The maximum Gasteiger partial charge on any atom is 0.0962 e. The zero-order valence-electron chi connectivity index (χ0n) is 7.92. The fraction of sp³-hybridized carbons (Fsp3) is 0.889. The van der Waals surface area contributed by atoms with Crippen LogP contribution < -0.4 is 5.73 Å². The Morgan fingerprint density at radius 1 is 1.67 bits per heavy atom. The third-order valence-electron chi connectivity index (χ3n) is 2.15. The van der Waals surface area contributed by atoms with E-state index in [2.05, 4.69) is 18.8 Å². The Balaban J connectivity index is 2.26. The summed E-state index contributed by atoms with van der Waals surface area (Å²) in [6.07, 6.45) is 1.32. The third kappa shape index (κ3) is 3.05. The minimum absolute atomic E-state index is 0.402. The van der Waals surface area contributed by atoms with Gasteiger partial charge in [-0.15, -0.1) is 0 Å². The molecule has 2 nitrogen and oxygen atoms in total. The van der Waals surface area contributed by atoms with Crippen molar-refractivity contribution in [1.82, 2.24) is 0 Å². The molecule has 1 fully saturated rings. The molecule has 1 unspecified atom stereocenters. The van der Waals surface area contributed by atoms with Gasteiger partial charge in [-0.2, -0.15) is 11.8 Å². The smallest absolute Gasteiger partial charge is 0.0962 e. The number of nitrogens with two attached hydrogens (primary N) is 1. The Labute approximate surface area is 79.0 Å². The van der Waals surface area contributed by atoms with Crippen molar-refractivity contribution in [2.45, 2.75) is 20.3 Å². The SMILES string of the molecule is CC(C)C(N)=NCC1CCSC1. The summed E-state index contributed by atoms with van der Waals surface area (Å²) in [5.41, 5.74) is 5.74. The van der Waals surface area contributed by atoms with E-state index in [0.717, 1.165) is 18.3 Å². The highest BCUT2D eigenvalue weighted by molar-refractivity contribution is 7.99. The highest BCUT2D eigenvalue weighted by atomic mass is 32.2. The molecule has 0 radical (unpaired) electrons. The average Bonchev–Trinajstić information content (AvgIpc) is 2.51. The van der Waals surface area contributed by atoms with Crippen LogP contribution in [0.3, 0.4) is 0 Å². The molecule has 12 heavy (non-hydrogen) atoms. The number of aliphatic imine (C=N–C) groups is 1. The molecule has 70 valence electrons. The number of thioether (sulfide) groups is 1. The van der Waals surface area contributed by atoms with Crippen LogP contribution in [-0.4, -0.2) is 23.9 Å². The average molecular weight is 186 g/mol. The van der Waals surface area contributed by atoms with E-state index >= 15 is 0 Å². The Morgan fingerprint density at radius 2 is 2.42 bits per heavy atom. The van der Waals surface area contributed by atoms with Crippen LogP contribution in [0.25, 0.3) is 0 Å². The number of hydrogen-bond acceptors (Lipinski definition) is 2. The molecule has 1 rings (SSSR count). The van der Waals surface area contributed by atoms with Gasteiger partial charge in [0.05, 0.1) is 5.84 Å². The largest absolute Gasteiger partial charge is 0.387 e. The summed E-state index contributed by atoms with van der Waals surface area (Å²) in [6.45, 7) is 5.11. The lowest BCUT2D eigenvalue weighted by atomic mass is 10.1. The molecule has 0 aromatic rings. The van der Waals surface area contributed by atoms with Crippen molar-refractivity contribution >= 4 is 17.6 Å². The first-order valence-electron chi connectivity index (χ1n) is 4.57. The van der Waals surface area contributed by atoms with Crippen LogP contribution in [0, 0.1) is 11.8 Å². The van der Waals surface area contributed by atoms with Crippen molar-refractivity contribution in [2.24, 2.45) is 22.6 Å². The van der Waals surface area contributed by atoms with Gasteiger partial charge in [-0.3, -0.25) is 4.99 Å². The molecule has 3 heteroatoms. The van der Waals surface area contributed by atoms with Gasteiger partial charge in [0.15, 0.2) is 0 Å². The van der Waals surface area contributed by atoms with Crippen LogP contribution in [-0.2, 0) is 0 Å². The van der Waals surface area contributed by atoms with Crippen molar-refractivity contribution in [1.29, 1.82) is 0 Å². The standard InChI is InChI=1S/C9H18N2S/c1-7(2)9(10)11-5-8-3-4-12-6-8/h7-8H,3-6H2,1-2H3,(H2,10,11). The summed E-state index contributed by atoms with van der Waals surface area (Å²) in [5, 5.41) is 0. The number of rotatable bonds is 3. The third-order valence-corrected chi connectivity index (χ3v) is 3.38. The summed E-state index contributed by atoms with van der Waals surface area (Å²) in [5.74, 6) is 4.58. The van der Waals surface area contributed by atoms with E-state index in [1.165, 1.54) is 17.9 Å². The molecule has 1 aliphatic rings. The fourth-order valence-electron chi connectivity index (χ4n) is 1.14. The van der Waals surface area contributed by atoms with Gasteiger partial charge in [0.2, 0.25) is 0 Å². The second kappa shape index (κ2) is 4.75. The second-order valence-electron chi connectivity index (χ2n) is 3.65. The normalized spacial score (nSPS) is 25.2. The molecule has 2 N–H and O–H groups in total. The van der Waals surface area contributed by atoms with Gasteiger partial charge < -0.3 is 5.73 Å². The molecule has 0 saturated carbocycles. The summed E-state index contributed by atoms with van der Waals surface area (Å²) >= 11 is 2.03. The molecule has 1 aliphatic heterocycles. The van der Waals surface area contributed by atoms with E-state index in [1.807, 2.05) is 11.8 Å². The molecule has 1 saturated heterocycles. The van der Waals surface area contributed by atoms with Gasteiger partial charge in [0.25, 0.3) is 0 Å². The molecule has 0 amide bonds. The van der Waals surface area contributed by atoms with Crippen LogP contribution >= 0.6 is 11.8 Å². The van der Waals surface area contributed by atoms with Gasteiger partial charge in [0.1, 0.15) is 0 Å². The van der Waals surface area contributed by atoms with Gasteiger partial charge >= 0.3 is 0 Å². The second-order valence-corrected chi connectivity index (χ2v) is 4.80. The molecule has 1 atom stereocenters. The van der Waals surface area contributed by atoms with Crippen LogP contribution in [0.5, 0.6) is 0 Å². The minimum Gasteiger partial charge on any atom is -0.387 e. The van der Waals surface area contributed by atoms with E-state index < -0.39 is 0 Å². The quantitative estimate of drug-likeness (QED) is 0.539. The van der Waals surface area contributed by atoms with Gasteiger partial charge in [-0.25, -0.2) is 0 Å². The summed E-state index contributed by atoms with van der Waals surface area (Å²) < 4.78 is 0. The van der Waals surface area contributed by atoms with Crippen LogP contribution in [0.15, 0.2) is 4.99 Å². The van der Waals surface area contributed by atoms with Gasteiger partial charge in [-0.05, 0) is 23.8 Å². The topological polar surface area (TPSA) is 38.4 Å². The maximum absolute atomic E-state index is 5.74. The van der Waals surface area contributed by atoms with E-state index in [-0.39, 0.29) is 0 Å². The molecule has 0 spiro atoms. The van der Waals surface area contributed by atoms with Crippen LogP contribution in [0.2, 0.25) is 0 Å². The van der Waals surface area contributed by atoms with Crippen LogP contribution in [0.1, 0.15) is 20.3 Å². The fourth-order valence-corrected chi connectivity index (χ4v) is 2.42. The van der Waals surface area contributed by atoms with E-state index in [1.54, 1.807) is 0 Å². The summed E-state index contributed by atoms with van der Waals surface area (Å²) in [4.78, 5) is 4.39. The van der Waals surface area contributed by atoms with Crippen molar-refractivity contribution in [3.05, 3.63) is 0 Å². The highest BCUT2D eigenvalue weighted by Crippen LogP contribution is 2.23. The lowest BCUT2D eigenvalue weighted by molar-refractivity contribution is 0.609. The lowest BCUT2D eigenvalue weighted by Gasteiger charge is -2.07. The molecule has 1 heterocycles. The molecular weight excluding hydrogens is 168 g/mol. The first-order valence-corrected chi connectivity index (χ1v) is 5.73. The monoisotopic (exact) mass is 186 g/mol. The first kappa shape index (κ1) is 9.90. The van der Waals surface area contributed by atoms with Crippen molar-refractivity contribution < 1.29 is 0 Å². The first-order chi connectivity index (χ1) is 5.70. The van der Waals surface area contributed by atoms with E-state index in [0.29, 0.717) is 5.92 Å². The molecule has 0 aromatic heterocycles. The molecule has 0 bridgehead atoms. The van der Waals surface area contributed by atoms with Gasteiger partial charge in [-0.1, -0.05) is 13.8 Å². The number of hydrogen-bond donors (Lipinski definition) is 1. The summed E-state index contributed by atoms with van der Waals surface area (Å²) in [6, 6.07) is 0. The van der Waals surface area contributed by atoms with E-state index in [9.17, 15) is 0 Å². The number of nitrogens with zero attached hydrogens (tertiary/aromatic N) is 1. The molecular formula is C9H18N2S. The number of amidine groups is 1. The van der Waals surface area contributed by atoms with Gasteiger partial charge in [0, 0.05) is 12.5 Å². The zero-order chi connectivity index (χ0) is 8.97.